The third kappa shape index (κ3) is 9.89. The van der Waals surface area contributed by atoms with Gasteiger partial charge in [-0.25, -0.2) is 0 Å². The van der Waals surface area contributed by atoms with Crippen molar-refractivity contribution >= 4 is 19.6 Å². The van der Waals surface area contributed by atoms with Crippen LogP contribution in [0.2, 0.25) is 25.7 Å². The van der Waals surface area contributed by atoms with Crippen molar-refractivity contribution in [3.05, 3.63) is 54.1 Å². The summed E-state index contributed by atoms with van der Waals surface area (Å²) in [5.41, 5.74) is 2.27. The molecule has 0 N–H and O–H groups in total. The van der Waals surface area contributed by atoms with Gasteiger partial charge in [-0.15, -0.1) is 4.37 Å². The summed E-state index contributed by atoms with van der Waals surface area (Å²) in [4.78, 5) is 6.78. The zero-order valence-corrected chi connectivity index (χ0v) is 24.0. The summed E-state index contributed by atoms with van der Waals surface area (Å²) in [7, 11) is 2.71. The second-order valence-corrected chi connectivity index (χ2v) is 16.3. The van der Waals surface area contributed by atoms with Crippen molar-refractivity contribution in [2.75, 3.05) is 47.3 Å². The van der Waals surface area contributed by atoms with Crippen molar-refractivity contribution in [1.82, 2.24) is 14.3 Å². The molecule has 0 aliphatic carbocycles. The molecular weight excluding hydrogens is 490 g/mol. The largest absolute Gasteiger partial charge is 0.493 e. The summed E-state index contributed by atoms with van der Waals surface area (Å²) in [5.74, 6) is 1.45. The molecule has 0 fully saturated rings. The van der Waals surface area contributed by atoms with Crippen LogP contribution < -0.4 is 14.2 Å². The first-order valence-corrected chi connectivity index (χ1v) is 16.9. The average molecular weight is 530 g/mol. The Balaban J connectivity index is 1.34. The van der Waals surface area contributed by atoms with Crippen molar-refractivity contribution in [3.63, 3.8) is 0 Å². The first-order chi connectivity index (χ1) is 17.3. The lowest BCUT2D eigenvalue weighted by Gasteiger charge is -2.18. The van der Waals surface area contributed by atoms with Crippen molar-refractivity contribution < 1.29 is 18.9 Å². The van der Waals surface area contributed by atoms with Crippen LogP contribution in [0.15, 0.2) is 48.5 Å². The first-order valence-electron chi connectivity index (χ1n) is 12.4. The van der Waals surface area contributed by atoms with Gasteiger partial charge in [0.2, 0.25) is 0 Å². The Bertz CT molecular complexity index is 1040. The number of methoxy groups -OCH3 is 1. The van der Waals surface area contributed by atoms with E-state index in [-0.39, 0.29) is 6.79 Å². The molecule has 1 aromatic heterocycles. The maximum Gasteiger partial charge on any atom is 0.328 e. The van der Waals surface area contributed by atoms with Crippen LogP contribution in [-0.4, -0.2) is 69.6 Å². The SMILES string of the molecule is COc1cc(CCN(C)CCCOc2nsc(-c3ccccc3)n2)ccc1OCOCC[Si](C)(C)C. The summed E-state index contributed by atoms with van der Waals surface area (Å²) in [6, 6.07) is 17.7. The molecule has 0 saturated heterocycles. The minimum absolute atomic E-state index is 0.245. The lowest BCUT2D eigenvalue weighted by molar-refractivity contribution is 0.0205. The number of hydrogen-bond acceptors (Lipinski definition) is 8. The predicted octanol–water partition coefficient (Wildman–Crippen LogP) is 5.85. The van der Waals surface area contributed by atoms with E-state index in [1.165, 1.54) is 17.1 Å². The molecule has 7 nitrogen and oxygen atoms in total. The lowest BCUT2D eigenvalue weighted by atomic mass is 10.1. The van der Waals surface area contributed by atoms with Gasteiger partial charge in [0.15, 0.2) is 18.3 Å². The smallest absolute Gasteiger partial charge is 0.328 e. The molecule has 0 bridgehead atoms. The summed E-state index contributed by atoms with van der Waals surface area (Å²) >= 11 is 1.36. The highest BCUT2D eigenvalue weighted by Gasteiger charge is 2.13. The van der Waals surface area contributed by atoms with E-state index in [1.807, 2.05) is 42.5 Å². The first kappa shape index (κ1) is 28.1. The van der Waals surface area contributed by atoms with E-state index < -0.39 is 8.07 Å². The Morgan fingerprint density at radius 2 is 1.75 bits per heavy atom. The number of likely N-dealkylation sites (N-methyl/N-ethyl adjacent to an activating group) is 1. The maximum absolute atomic E-state index is 5.79. The fourth-order valence-corrected chi connectivity index (χ4v) is 4.80. The molecule has 0 unspecified atom stereocenters. The molecule has 36 heavy (non-hydrogen) atoms. The topological polar surface area (TPSA) is 65.9 Å². The van der Waals surface area contributed by atoms with E-state index in [0.29, 0.717) is 18.4 Å². The van der Waals surface area contributed by atoms with E-state index >= 15 is 0 Å². The second kappa shape index (κ2) is 14.3. The highest BCUT2D eigenvalue weighted by molar-refractivity contribution is 7.09. The van der Waals surface area contributed by atoms with E-state index in [4.69, 9.17) is 18.9 Å². The van der Waals surface area contributed by atoms with Gasteiger partial charge in [0.05, 0.1) is 13.7 Å². The lowest BCUT2D eigenvalue weighted by Crippen LogP contribution is -2.23. The molecule has 0 amide bonds. The van der Waals surface area contributed by atoms with Crippen LogP contribution in [-0.2, 0) is 11.2 Å². The van der Waals surface area contributed by atoms with Crippen molar-refractivity contribution in [2.24, 2.45) is 0 Å². The summed E-state index contributed by atoms with van der Waals surface area (Å²) in [6.07, 6.45) is 1.83. The van der Waals surface area contributed by atoms with Crippen LogP contribution in [0, 0.1) is 0 Å². The molecule has 0 aliphatic heterocycles. The molecule has 2 aromatic carbocycles. The van der Waals surface area contributed by atoms with Crippen LogP contribution in [0.4, 0.5) is 0 Å². The number of aromatic nitrogens is 2. The zero-order chi connectivity index (χ0) is 25.8. The van der Waals surface area contributed by atoms with E-state index in [2.05, 4.69) is 47.0 Å². The molecule has 0 spiro atoms. The van der Waals surface area contributed by atoms with Gasteiger partial charge >= 0.3 is 6.01 Å². The van der Waals surface area contributed by atoms with Gasteiger partial charge in [-0.2, -0.15) is 4.98 Å². The van der Waals surface area contributed by atoms with Gasteiger partial charge in [-0.3, -0.25) is 0 Å². The van der Waals surface area contributed by atoms with Gasteiger partial charge < -0.3 is 23.8 Å². The van der Waals surface area contributed by atoms with Gasteiger partial charge in [0.1, 0.15) is 5.01 Å². The molecule has 1 heterocycles. The Hall–Kier alpha value is -2.46. The monoisotopic (exact) mass is 529 g/mol. The standard InChI is InChI=1S/C27H39N3O4SSi/c1-30(15-9-17-33-27-28-26(35-29-27)23-10-7-6-8-11-23)16-14-22-12-13-24(25(20-22)31-2)34-21-32-18-19-36(3,4)5/h6-8,10-13,20H,9,14-19,21H2,1-5H3. The Morgan fingerprint density at radius 3 is 2.50 bits per heavy atom. The number of ether oxygens (including phenoxy) is 4. The summed E-state index contributed by atoms with van der Waals surface area (Å²) < 4.78 is 27.0. The minimum Gasteiger partial charge on any atom is -0.493 e. The van der Waals surface area contributed by atoms with Gasteiger partial charge in [0.25, 0.3) is 0 Å². The fraction of sp³-hybridized carbons (Fsp3) is 0.481. The van der Waals surface area contributed by atoms with Crippen molar-refractivity contribution in [1.29, 1.82) is 0 Å². The van der Waals surface area contributed by atoms with Crippen molar-refractivity contribution in [3.8, 4) is 28.1 Å². The molecule has 0 saturated carbocycles. The van der Waals surface area contributed by atoms with E-state index in [0.717, 1.165) is 54.9 Å². The van der Waals surface area contributed by atoms with Crippen LogP contribution in [0.25, 0.3) is 10.6 Å². The number of nitrogens with zero attached hydrogens (tertiary/aromatic N) is 3. The normalized spacial score (nSPS) is 11.6. The highest BCUT2D eigenvalue weighted by atomic mass is 32.1. The molecule has 3 rings (SSSR count). The van der Waals surface area contributed by atoms with Crippen LogP contribution in [0.3, 0.4) is 0 Å². The molecule has 196 valence electrons. The van der Waals surface area contributed by atoms with Crippen LogP contribution >= 0.6 is 11.5 Å². The van der Waals surface area contributed by atoms with Crippen LogP contribution in [0.5, 0.6) is 17.5 Å². The minimum atomic E-state index is -1.09. The fourth-order valence-electron chi connectivity index (χ4n) is 3.43. The second-order valence-electron chi connectivity index (χ2n) is 9.97. The van der Waals surface area contributed by atoms with Crippen LogP contribution in [0.1, 0.15) is 12.0 Å². The maximum atomic E-state index is 5.79. The van der Waals surface area contributed by atoms with E-state index in [9.17, 15) is 0 Å². The third-order valence-electron chi connectivity index (χ3n) is 5.65. The summed E-state index contributed by atoms with van der Waals surface area (Å²) in [5, 5.41) is 0.879. The molecule has 0 aliphatic rings. The van der Waals surface area contributed by atoms with Crippen molar-refractivity contribution in [2.45, 2.75) is 38.5 Å². The molecule has 9 heteroatoms. The number of hydrogen-bond donors (Lipinski definition) is 0. The average Bonchev–Trinajstić information content (AvgIpc) is 3.34. The van der Waals surface area contributed by atoms with E-state index in [1.54, 1.807) is 7.11 Å². The number of rotatable bonds is 16. The Kier molecular flexibility index (Phi) is 11.2. The Labute approximate surface area is 220 Å². The molecule has 3 aromatic rings. The summed E-state index contributed by atoms with van der Waals surface area (Å²) in [6.45, 7) is 10.5. The molecule has 0 atom stereocenters. The third-order valence-corrected chi connectivity index (χ3v) is 8.10. The predicted molar refractivity (Wildman–Crippen MR) is 149 cm³/mol. The molecule has 0 radical (unpaired) electrons. The molecular formula is C27H39N3O4SSi. The zero-order valence-electron chi connectivity index (χ0n) is 22.2. The Morgan fingerprint density at radius 1 is 0.944 bits per heavy atom. The van der Waals surface area contributed by atoms with Gasteiger partial charge in [0, 0.05) is 33.3 Å². The highest BCUT2D eigenvalue weighted by Crippen LogP contribution is 2.28. The van der Waals surface area contributed by atoms with Gasteiger partial charge in [-0.05, 0) is 55.2 Å². The van der Waals surface area contributed by atoms with Gasteiger partial charge in [-0.1, -0.05) is 56.0 Å². The number of benzene rings is 2. The quantitative estimate of drug-likeness (QED) is 0.131.